The van der Waals surface area contributed by atoms with E-state index in [2.05, 4.69) is 12.2 Å². The molecule has 116 valence electrons. The number of urea groups is 1. The number of carbonyl (C=O) groups is 2. The molecule has 0 radical (unpaired) electrons. The monoisotopic (exact) mass is 284 g/mol. The molecule has 0 spiro atoms. The van der Waals surface area contributed by atoms with E-state index in [-0.39, 0.29) is 18.1 Å². The number of nitrogens with one attached hydrogen (secondary N) is 1. The average Bonchev–Trinajstić information content (AvgIpc) is 2.63. The van der Waals surface area contributed by atoms with Crippen molar-refractivity contribution in [1.82, 2.24) is 10.2 Å². The molecule has 1 saturated carbocycles. The number of rotatable bonds is 5. The second kappa shape index (κ2) is 8.12. The van der Waals surface area contributed by atoms with Gasteiger partial charge in [0.25, 0.3) is 0 Å². The smallest absolute Gasteiger partial charge is 0.317 e. The highest BCUT2D eigenvalue weighted by atomic mass is 16.4. The van der Waals surface area contributed by atoms with E-state index < -0.39 is 11.9 Å². The Labute approximate surface area is 121 Å². The Morgan fingerprint density at radius 2 is 1.95 bits per heavy atom. The second-order valence-corrected chi connectivity index (χ2v) is 5.89. The second-order valence-electron chi connectivity index (χ2n) is 5.89. The molecule has 5 heteroatoms. The number of amides is 2. The minimum absolute atomic E-state index is 0.149. The number of hydrogen-bond donors (Lipinski definition) is 2. The number of carbonyl (C=O) groups excluding carboxylic acids is 1. The van der Waals surface area contributed by atoms with E-state index in [1.54, 1.807) is 11.9 Å². The Balaban J connectivity index is 2.63. The highest BCUT2D eigenvalue weighted by molar-refractivity contribution is 5.77. The van der Waals surface area contributed by atoms with E-state index in [0.29, 0.717) is 6.42 Å². The minimum Gasteiger partial charge on any atom is -0.481 e. The number of nitrogens with zero attached hydrogens (tertiary/aromatic N) is 1. The summed E-state index contributed by atoms with van der Waals surface area (Å²) in [5.74, 6) is -1.24. The topological polar surface area (TPSA) is 69.6 Å². The van der Waals surface area contributed by atoms with Crippen LogP contribution in [0.1, 0.15) is 58.8 Å². The lowest BCUT2D eigenvalue weighted by molar-refractivity contribution is -0.142. The first-order valence-corrected chi connectivity index (χ1v) is 7.73. The van der Waals surface area contributed by atoms with Crippen molar-refractivity contribution in [2.75, 3.05) is 7.05 Å². The van der Waals surface area contributed by atoms with Crippen molar-refractivity contribution in [2.24, 2.45) is 5.92 Å². The van der Waals surface area contributed by atoms with E-state index in [4.69, 9.17) is 0 Å². The maximum atomic E-state index is 12.2. The SMILES string of the molecule is CCCC(C)N(C)C(=O)NC1CCCCCC1C(=O)O. The van der Waals surface area contributed by atoms with Gasteiger partial charge in [-0.3, -0.25) is 4.79 Å². The van der Waals surface area contributed by atoms with Crippen molar-refractivity contribution in [1.29, 1.82) is 0 Å². The summed E-state index contributed by atoms with van der Waals surface area (Å²) in [7, 11) is 1.78. The minimum atomic E-state index is -0.790. The number of aliphatic carboxylic acids is 1. The zero-order valence-corrected chi connectivity index (χ0v) is 12.9. The van der Waals surface area contributed by atoms with E-state index in [1.807, 2.05) is 6.92 Å². The highest BCUT2D eigenvalue weighted by Crippen LogP contribution is 2.24. The van der Waals surface area contributed by atoms with Crippen LogP contribution in [0.25, 0.3) is 0 Å². The summed E-state index contributed by atoms with van der Waals surface area (Å²) in [4.78, 5) is 25.3. The molecule has 1 fully saturated rings. The van der Waals surface area contributed by atoms with Crippen LogP contribution in [0.3, 0.4) is 0 Å². The fraction of sp³-hybridized carbons (Fsp3) is 0.867. The van der Waals surface area contributed by atoms with E-state index in [1.165, 1.54) is 0 Å². The van der Waals surface area contributed by atoms with Crippen molar-refractivity contribution in [3.05, 3.63) is 0 Å². The normalized spacial score (nSPS) is 24.6. The molecule has 0 aromatic rings. The van der Waals surface area contributed by atoms with E-state index in [0.717, 1.165) is 38.5 Å². The van der Waals surface area contributed by atoms with Crippen molar-refractivity contribution < 1.29 is 14.7 Å². The van der Waals surface area contributed by atoms with Crippen LogP contribution in [0.15, 0.2) is 0 Å². The van der Waals surface area contributed by atoms with Gasteiger partial charge in [-0.15, -0.1) is 0 Å². The fourth-order valence-electron chi connectivity index (χ4n) is 2.85. The first kappa shape index (κ1) is 16.8. The quantitative estimate of drug-likeness (QED) is 0.763. The summed E-state index contributed by atoms with van der Waals surface area (Å²) < 4.78 is 0. The van der Waals surface area contributed by atoms with Crippen LogP contribution in [-0.2, 0) is 4.79 Å². The summed E-state index contributed by atoms with van der Waals surface area (Å²) >= 11 is 0. The lowest BCUT2D eigenvalue weighted by Crippen LogP contribution is -2.49. The van der Waals surface area contributed by atoms with Crippen LogP contribution in [0, 0.1) is 5.92 Å². The largest absolute Gasteiger partial charge is 0.481 e. The Kier molecular flexibility index (Phi) is 6.82. The van der Waals surface area contributed by atoms with Crippen LogP contribution >= 0.6 is 0 Å². The van der Waals surface area contributed by atoms with Gasteiger partial charge in [-0.05, 0) is 26.2 Å². The van der Waals surface area contributed by atoms with Crippen LogP contribution in [0.4, 0.5) is 4.79 Å². The molecule has 2 N–H and O–H groups in total. The molecule has 0 heterocycles. The van der Waals surface area contributed by atoms with Crippen molar-refractivity contribution in [3.63, 3.8) is 0 Å². The molecule has 20 heavy (non-hydrogen) atoms. The molecule has 1 aliphatic rings. The zero-order chi connectivity index (χ0) is 15.1. The van der Waals surface area contributed by atoms with Gasteiger partial charge in [0.1, 0.15) is 0 Å². The van der Waals surface area contributed by atoms with Crippen LogP contribution in [0.5, 0.6) is 0 Å². The Morgan fingerprint density at radius 3 is 2.55 bits per heavy atom. The van der Waals surface area contributed by atoms with Gasteiger partial charge in [0.05, 0.1) is 5.92 Å². The van der Waals surface area contributed by atoms with Crippen LogP contribution < -0.4 is 5.32 Å². The van der Waals surface area contributed by atoms with Gasteiger partial charge in [0.15, 0.2) is 0 Å². The summed E-state index contributed by atoms with van der Waals surface area (Å²) in [6.45, 7) is 4.11. The van der Waals surface area contributed by atoms with Gasteiger partial charge in [0.2, 0.25) is 0 Å². The third-order valence-corrected chi connectivity index (χ3v) is 4.33. The van der Waals surface area contributed by atoms with E-state index >= 15 is 0 Å². The van der Waals surface area contributed by atoms with E-state index in [9.17, 15) is 14.7 Å². The van der Waals surface area contributed by atoms with Gasteiger partial charge in [-0.1, -0.05) is 32.6 Å². The van der Waals surface area contributed by atoms with Gasteiger partial charge in [0, 0.05) is 19.1 Å². The summed E-state index contributed by atoms with van der Waals surface area (Å²) in [5.41, 5.74) is 0. The zero-order valence-electron chi connectivity index (χ0n) is 12.9. The summed E-state index contributed by atoms with van der Waals surface area (Å²) in [6, 6.07) is -0.211. The maximum absolute atomic E-state index is 12.2. The third kappa shape index (κ3) is 4.69. The molecular weight excluding hydrogens is 256 g/mol. The number of carboxylic acids is 1. The first-order chi connectivity index (χ1) is 9.47. The molecule has 0 aromatic heterocycles. The predicted octanol–water partition coefficient (Wildman–Crippen LogP) is 2.85. The summed E-state index contributed by atoms with van der Waals surface area (Å²) in [6.07, 6.45) is 6.39. The molecule has 0 aromatic carbocycles. The average molecular weight is 284 g/mol. The first-order valence-electron chi connectivity index (χ1n) is 7.73. The molecule has 5 nitrogen and oxygen atoms in total. The molecule has 0 bridgehead atoms. The van der Waals surface area contributed by atoms with Crippen LogP contribution in [0.2, 0.25) is 0 Å². The summed E-state index contributed by atoms with van der Waals surface area (Å²) in [5, 5.41) is 12.2. The highest BCUT2D eigenvalue weighted by Gasteiger charge is 2.31. The molecule has 3 unspecified atom stereocenters. The molecule has 3 atom stereocenters. The number of hydrogen-bond acceptors (Lipinski definition) is 2. The number of carboxylic acid groups (broad SMARTS) is 1. The molecule has 0 saturated heterocycles. The fourth-order valence-corrected chi connectivity index (χ4v) is 2.85. The Bertz CT molecular complexity index is 333. The van der Waals surface area contributed by atoms with Gasteiger partial charge in [-0.25, -0.2) is 4.79 Å². The lowest BCUT2D eigenvalue weighted by Gasteiger charge is -2.29. The Morgan fingerprint density at radius 1 is 1.30 bits per heavy atom. The van der Waals surface area contributed by atoms with Gasteiger partial charge < -0.3 is 15.3 Å². The van der Waals surface area contributed by atoms with Crippen molar-refractivity contribution >= 4 is 12.0 Å². The van der Waals surface area contributed by atoms with Crippen LogP contribution in [-0.4, -0.2) is 41.1 Å². The molecule has 0 aliphatic heterocycles. The molecule has 1 rings (SSSR count). The Hall–Kier alpha value is -1.26. The molecule has 2 amide bonds. The van der Waals surface area contributed by atoms with Crippen molar-refractivity contribution in [2.45, 2.75) is 70.9 Å². The molecule has 1 aliphatic carbocycles. The van der Waals surface area contributed by atoms with Gasteiger partial charge in [-0.2, -0.15) is 0 Å². The third-order valence-electron chi connectivity index (χ3n) is 4.33. The standard InChI is InChI=1S/C15H28N2O3/c1-4-8-11(2)17(3)15(20)16-13-10-7-5-6-9-12(13)14(18)19/h11-13H,4-10H2,1-3H3,(H,16,20)(H,18,19). The molecular formula is C15H28N2O3. The lowest BCUT2D eigenvalue weighted by atomic mass is 9.95. The van der Waals surface area contributed by atoms with Gasteiger partial charge >= 0.3 is 12.0 Å². The van der Waals surface area contributed by atoms with Crippen molar-refractivity contribution in [3.8, 4) is 0 Å². The predicted molar refractivity (Wildman–Crippen MR) is 78.7 cm³/mol. The maximum Gasteiger partial charge on any atom is 0.317 e.